The number of amides is 1. The van der Waals surface area contributed by atoms with Crippen LogP contribution in [0.3, 0.4) is 0 Å². The molecule has 0 aromatic heterocycles. The Labute approximate surface area is 194 Å². The van der Waals surface area contributed by atoms with Crippen LogP contribution in [0, 0.1) is 0 Å². The molecule has 1 N–H and O–H groups in total. The third kappa shape index (κ3) is 6.07. The zero-order valence-electron chi connectivity index (χ0n) is 17.8. The molecule has 2 fully saturated rings. The van der Waals surface area contributed by atoms with E-state index in [1.165, 1.54) is 0 Å². The molecule has 0 unspecified atom stereocenters. The summed E-state index contributed by atoms with van der Waals surface area (Å²) in [6.07, 6.45) is -4.60. The van der Waals surface area contributed by atoms with Gasteiger partial charge in [0, 0.05) is 56.9 Å². The van der Waals surface area contributed by atoms with Gasteiger partial charge in [0.05, 0.1) is 16.1 Å². The molecule has 0 radical (unpaired) electrons. The maximum Gasteiger partial charge on any atom is 0.416 e. The number of nitrogens with zero attached hydrogens (tertiary/aromatic N) is 2. The van der Waals surface area contributed by atoms with Gasteiger partial charge in [0.1, 0.15) is 0 Å². The van der Waals surface area contributed by atoms with Gasteiger partial charge >= 0.3 is 6.18 Å². The van der Waals surface area contributed by atoms with Crippen LogP contribution in [0.5, 0.6) is 0 Å². The topological polar surface area (TPSA) is 35.6 Å². The molecule has 0 bridgehead atoms. The summed E-state index contributed by atoms with van der Waals surface area (Å²) in [6, 6.07) is 2.57. The van der Waals surface area contributed by atoms with Crippen LogP contribution in [0.2, 0.25) is 5.02 Å². The van der Waals surface area contributed by atoms with E-state index in [0.29, 0.717) is 13.1 Å². The molecule has 1 aromatic carbocycles. The van der Waals surface area contributed by atoms with Crippen molar-refractivity contribution in [3.8, 4) is 0 Å². The molecule has 180 valence electrons. The smallest absolute Gasteiger partial charge is 0.350 e. The number of halogens is 6. The van der Waals surface area contributed by atoms with Crippen molar-refractivity contribution in [1.82, 2.24) is 14.5 Å². The number of alkyl halides is 5. The van der Waals surface area contributed by atoms with Crippen molar-refractivity contribution < 1.29 is 26.7 Å². The first kappa shape index (κ1) is 25.5. The second-order valence-corrected chi connectivity index (χ2v) is 10.0. The first-order valence-electron chi connectivity index (χ1n) is 10.6. The number of benzene rings is 1. The largest absolute Gasteiger partial charge is 0.416 e. The Kier molecular flexibility index (Phi) is 8.00. The highest BCUT2D eigenvalue weighted by molar-refractivity contribution is 7.96. The minimum Gasteiger partial charge on any atom is -0.350 e. The summed E-state index contributed by atoms with van der Waals surface area (Å²) < 4.78 is 68.6. The van der Waals surface area contributed by atoms with E-state index in [1.807, 2.05) is 0 Å². The van der Waals surface area contributed by atoms with E-state index in [-0.39, 0.29) is 42.8 Å². The molecule has 0 atom stereocenters. The van der Waals surface area contributed by atoms with Crippen LogP contribution in [0.4, 0.5) is 22.0 Å². The van der Waals surface area contributed by atoms with Crippen LogP contribution in [0.25, 0.3) is 0 Å². The summed E-state index contributed by atoms with van der Waals surface area (Å²) in [5.41, 5.74) is -1.62. The maximum atomic E-state index is 13.9. The number of rotatable bonds is 6. The maximum absolute atomic E-state index is 13.9. The van der Waals surface area contributed by atoms with Gasteiger partial charge in [-0.25, -0.2) is 13.1 Å². The molecule has 1 heterocycles. The average molecular weight is 500 g/mol. The quantitative estimate of drug-likeness (QED) is 0.424. The number of piperazine rings is 1. The lowest BCUT2D eigenvalue weighted by Gasteiger charge is -2.50. The summed E-state index contributed by atoms with van der Waals surface area (Å²) in [6.45, 7) is 5.22. The molecule has 32 heavy (non-hydrogen) atoms. The highest BCUT2D eigenvalue weighted by Crippen LogP contribution is 2.42. The number of nitrogens with one attached hydrogen (secondary N) is 1. The van der Waals surface area contributed by atoms with Crippen LogP contribution < -0.4 is 5.32 Å². The van der Waals surface area contributed by atoms with Crippen molar-refractivity contribution in [2.24, 2.45) is 0 Å². The monoisotopic (exact) mass is 499 g/mol. The van der Waals surface area contributed by atoms with Gasteiger partial charge in [-0.05, 0) is 31.0 Å². The fraction of sp³-hybridized carbons (Fsp3) is 0.667. The molecule has 1 aromatic rings. The van der Waals surface area contributed by atoms with Crippen molar-refractivity contribution in [2.45, 2.75) is 50.2 Å². The lowest BCUT2D eigenvalue weighted by molar-refractivity contribution is -0.137. The fourth-order valence-corrected chi connectivity index (χ4v) is 5.43. The van der Waals surface area contributed by atoms with E-state index in [1.54, 1.807) is 11.9 Å². The SMILES string of the molecule is CCSN1CCN(C2(CNC(=O)c3ccc(C(F)(F)F)cc3Cl)CCC(F)(F)CC2)CC1. The van der Waals surface area contributed by atoms with Gasteiger partial charge in [-0.2, -0.15) is 13.2 Å². The third-order valence-corrected chi connectivity index (χ3v) is 7.55. The van der Waals surface area contributed by atoms with Crippen LogP contribution in [-0.2, 0) is 6.18 Å². The normalized spacial score (nSPS) is 22.0. The molecule has 11 heteroatoms. The highest BCUT2D eigenvalue weighted by Gasteiger charge is 2.47. The van der Waals surface area contributed by atoms with Crippen LogP contribution >= 0.6 is 23.5 Å². The van der Waals surface area contributed by atoms with E-state index in [0.717, 1.165) is 37.0 Å². The van der Waals surface area contributed by atoms with Crippen LogP contribution in [0.1, 0.15) is 48.5 Å². The van der Waals surface area contributed by atoms with E-state index in [4.69, 9.17) is 11.6 Å². The zero-order chi connectivity index (χ0) is 23.6. The molecule has 2 aliphatic rings. The Bertz CT molecular complexity index is 805. The molecule has 1 saturated carbocycles. The zero-order valence-corrected chi connectivity index (χ0v) is 19.4. The molecular formula is C21H27ClF5N3OS. The van der Waals surface area contributed by atoms with Gasteiger partial charge in [-0.3, -0.25) is 9.69 Å². The predicted molar refractivity (Wildman–Crippen MR) is 116 cm³/mol. The van der Waals surface area contributed by atoms with Gasteiger partial charge < -0.3 is 5.32 Å². The second-order valence-electron chi connectivity index (χ2n) is 8.29. The Morgan fingerprint density at radius 3 is 2.28 bits per heavy atom. The van der Waals surface area contributed by atoms with Gasteiger partial charge in [0.15, 0.2) is 0 Å². The van der Waals surface area contributed by atoms with Crippen molar-refractivity contribution >= 4 is 29.5 Å². The van der Waals surface area contributed by atoms with Gasteiger partial charge in [0.2, 0.25) is 5.92 Å². The average Bonchev–Trinajstić information content (AvgIpc) is 2.73. The Morgan fingerprint density at radius 1 is 1.12 bits per heavy atom. The Hall–Kier alpha value is -1.10. The van der Waals surface area contributed by atoms with E-state index < -0.39 is 29.1 Å². The molecule has 3 rings (SSSR count). The number of carbonyl (C=O) groups is 1. The first-order chi connectivity index (χ1) is 15.0. The summed E-state index contributed by atoms with van der Waals surface area (Å²) in [7, 11) is 0. The fourth-order valence-electron chi connectivity index (χ4n) is 4.38. The molecule has 1 amide bonds. The minimum atomic E-state index is -4.56. The van der Waals surface area contributed by atoms with E-state index in [9.17, 15) is 26.7 Å². The molecule has 4 nitrogen and oxygen atoms in total. The number of hydrogen-bond acceptors (Lipinski definition) is 4. The lowest BCUT2D eigenvalue weighted by atomic mass is 9.78. The first-order valence-corrected chi connectivity index (χ1v) is 11.9. The molecule has 1 aliphatic carbocycles. The molecule has 1 aliphatic heterocycles. The Balaban J connectivity index is 1.71. The number of carbonyl (C=O) groups excluding carboxylic acids is 1. The van der Waals surface area contributed by atoms with E-state index in [2.05, 4.69) is 21.4 Å². The molecule has 0 spiro atoms. The lowest BCUT2D eigenvalue weighted by Crippen LogP contribution is -2.62. The standard InChI is InChI=1S/C21H27ClF5N3OS/c1-2-32-30-11-9-29(10-12-30)19(5-7-20(23,24)8-6-19)14-28-18(31)16-4-3-15(13-17(16)22)21(25,26)27/h3-4,13H,2,5-12,14H2,1H3,(H,28,31). The molecular weight excluding hydrogens is 473 g/mol. The summed E-state index contributed by atoms with van der Waals surface area (Å²) in [4.78, 5) is 14.9. The van der Waals surface area contributed by atoms with Crippen molar-refractivity contribution in [1.29, 1.82) is 0 Å². The summed E-state index contributed by atoms with van der Waals surface area (Å²) >= 11 is 7.68. The predicted octanol–water partition coefficient (Wildman–Crippen LogP) is 5.32. The van der Waals surface area contributed by atoms with Crippen molar-refractivity contribution in [3.05, 3.63) is 34.3 Å². The highest BCUT2D eigenvalue weighted by atomic mass is 35.5. The van der Waals surface area contributed by atoms with Gasteiger partial charge in [-0.1, -0.05) is 30.5 Å². The second kappa shape index (κ2) is 10.0. The van der Waals surface area contributed by atoms with Crippen molar-refractivity contribution in [3.63, 3.8) is 0 Å². The van der Waals surface area contributed by atoms with Crippen LogP contribution in [-0.4, -0.2) is 65.1 Å². The van der Waals surface area contributed by atoms with Gasteiger partial charge in [-0.15, -0.1) is 0 Å². The Morgan fingerprint density at radius 2 is 1.75 bits per heavy atom. The summed E-state index contributed by atoms with van der Waals surface area (Å²) in [5, 5.41) is 2.46. The number of hydrogen-bond donors (Lipinski definition) is 1. The molecule has 1 saturated heterocycles. The van der Waals surface area contributed by atoms with Crippen molar-refractivity contribution in [2.75, 3.05) is 38.5 Å². The van der Waals surface area contributed by atoms with Crippen LogP contribution in [0.15, 0.2) is 18.2 Å². The minimum absolute atomic E-state index is 0.0693. The third-order valence-electron chi connectivity index (χ3n) is 6.25. The van der Waals surface area contributed by atoms with E-state index >= 15 is 0 Å². The summed E-state index contributed by atoms with van der Waals surface area (Å²) in [5.74, 6) is -2.37. The van der Waals surface area contributed by atoms with Gasteiger partial charge in [0.25, 0.3) is 5.91 Å².